The van der Waals surface area contributed by atoms with Crippen LogP contribution in [0.5, 0.6) is 0 Å². The van der Waals surface area contributed by atoms with E-state index in [0.29, 0.717) is 12.5 Å². The molecule has 5 heterocycles. The van der Waals surface area contributed by atoms with Gasteiger partial charge in [0.2, 0.25) is 0 Å². The van der Waals surface area contributed by atoms with Crippen molar-refractivity contribution >= 4 is 22.6 Å². The number of hydrogen-bond donors (Lipinski definition) is 0. The highest BCUT2D eigenvalue weighted by Gasteiger charge is 2.23. The second kappa shape index (κ2) is 6.43. The molecule has 4 aromatic rings. The van der Waals surface area contributed by atoms with E-state index in [-0.39, 0.29) is 5.69 Å². The van der Waals surface area contributed by atoms with Gasteiger partial charge in [-0.05, 0) is 49.9 Å². The van der Waals surface area contributed by atoms with Gasteiger partial charge < -0.3 is 4.90 Å². The van der Waals surface area contributed by atoms with E-state index in [2.05, 4.69) is 25.2 Å². The Labute approximate surface area is 161 Å². The van der Waals surface area contributed by atoms with Crippen LogP contribution in [0.2, 0.25) is 0 Å². The largest absolute Gasteiger partial charge is 0.355 e. The molecule has 0 amide bonds. The predicted octanol–water partition coefficient (Wildman–Crippen LogP) is 1.40. The minimum absolute atomic E-state index is 0.00586. The first-order valence-electron chi connectivity index (χ1n) is 9.56. The molecule has 0 aromatic carbocycles. The molecule has 0 N–H and O–H groups in total. The van der Waals surface area contributed by atoms with E-state index < -0.39 is 0 Å². The quantitative estimate of drug-likeness (QED) is 0.536. The maximum Gasteiger partial charge on any atom is 0.330 e. The Hall–Kier alpha value is -3.23. The van der Waals surface area contributed by atoms with Gasteiger partial charge in [0.15, 0.2) is 17.1 Å². The molecule has 9 nitrogen and oxygen atoms in total. The fourth-order valence-electron chi connectivity index (χ4n) is 4.06. The number of piperidine rings is 1. The zero-order valence-corrected chi connectivity index (χ0v) is 16.0. The smallest absolute Gasteiger partial charge is 0.330 e. The lowest BCUT2D eigenvalue weighted by molar-refractivity contribution is 0.353. The van der Waals surface area contributed by atoms with Crippen LogP contribution in [0.3, 0.4) is 0 Å². The maximum atomic E-state index is 12.6. The third-order valence-corrected chi connectivity index (χ3v) is 5.68. The van der Waals surface area contributed by atoms with Crippen LogP contribution in [-0.4, -0.2) is 47.0 Å². The van der Waals surface area contributed by atoms with Crippen LogP contribution in [0.25, 0.3) is 16.8 Å². The summed E-state index contributed by atoms with van der Waals surface area (Å²) in [5.74, 6) is 2.18. The van der Waals surface area contributed by atoms with Gasteiger partial charge in [-0.2, -0.15) is 4.52 Å². The van der Waals surface area contributed by atoms with Crippen LogP contribution in [0.15, 0.2) is 35.3 Å². The highest BCUT2D eigenvalue weighted by atomic mass is 16.1. The molecule has 1 fully saturated rings. The highest BCUT2D eigenvalue weighted by Crippen LogP contribution is 2.24. The van der Waals surface area contributed by atoms with Crippen LogP contribution in [0.1, 0.15) is 18.7 Å². The molecule has 4 aromatic heterocycles. The van der Waals surface area contributed by atoms with Crippen LogP contribution < -0.4 is 10.6 Å². The summed E-state index contributed by atoms with van der Waals surface area (Å²) in [7, 11) is 1.81. The number of fused-ring (bicyclic) bond motifs is 2. The van der Waals surface area contributed by atoms with E-state index in [1.54, 1.807) is 22.3 Å². The van der Waals surface area contributed by atoms with Crippen LogP contribution >= 0.6 is 0 Å². The third-order valence-electron chi connectivity index (χ3n) is 5.68. The van der Waals surface area contributed by atoms with Gasteiger partial charge >= 0.3 is 5.69 Å². The van der Waals surface area contributed by atoms with E-state index in [4.69, 9.17) is 0 Å². The van der Waals surface area contributed by atoms with Crippen LogP contribution in [0.4, 0.5) is 5.82 Å². The SMILES string of the molecule is Cc1nnc2ccc(N3CCC(Cn4c(=O)n(C)c5cccnc54)CC3)nn12. The van der Waals surface area contributed by atoms with Gasteiger partial charge in [-0.25, -0.2) is 9.78 Å². The lowest BCUT2D eigenvalue weighted by Gasteiger charge is -2.32. The summed E-state index contributed by atoms with van der Waals surface area (Å²) in [4.78, 5) is 19.4. The number of anilines is 1. The molecule has 0 radical (unpaired) electrons. The molecular weight excluding hydrogens is 356 g/mol. The van der Waals surface area contributed by atoms with E-state index >= 15 is 0 Å². The summed E-state index contributed by atoms with van der Waals surface area (Å²) in [6.45, 7) is 4.44. The number of imidazole rings is 1. The van der Waals surface area contributed by atoms with Gasteiger partial charge in [0.25, 0.3) is 0 Å². The van der Waals surface area contributed by atoms with Gasteiger partial charge in [-0.15, -0.1) is 15.3 Å². The third kappa shape index (κ3) is 2.65. The number of hydrogen-bond acceptors (Lipinski definition) is 6. The van der Waals surface area contributed by atoms with Crippen molar-refractivity contribution in [1.82, 2.24) is 33.9 Å². The second-order valence-electron chi connectivity index (χ2n) is 7.44. The average molecular weight is 378 g/mol. The Morgan fingerprint density at radius 3 is 2.79 bits per heavy atom. The normalized spacial score (nSPS) is 15.7. The molecule has 0 atom stereocenters. The van der Waals surface area contributed by atoms with Crippen molar-refractivity contribution < 1.29 is 0 Å². The van der Waals surface area contributed by atoms with Crippen LogP contribution in [-0.2, 0) is 13.6 Å². The standard InChI is InChI=1S/C19H22N8O/c1-13-21-22-16-5-6-17(23-27(13)16)25-10-7-14(8-11-25)12-26-18-15(4-3-9-20-18)24(2)19(26)28/h3-6,9,14H,7-8,10-12H2,1-2H3. The molecule has 1 aliphatic rings. The molecule has 144 valence electrons. The summed E-state index contributed by atoms with van der Waals surface area (Å²) >= 11 is 0. The molecule has 1 saturated heterocycles. The molecule has 0 unspecified atom stereocenters. The topological polar surface area (TPSA) is 86.1 Å². The fourth-order valence-corrected chi connectivity index (χ4v) is 4.06. The summed E-state index contributed by atoms with van der Waals surface area (Å²) in [5, 5.41) is 12.8. The van der Waals surface area contributed by atoms with E-state index in [0.717, 1.165) is 54.4 Å². The van der Waals surface area contributed by atoms with Crippen molar-refractivity contribution in [3.05, 3.63) is 46.8 Å². The summed E-state index contributed by atoms with van der Waals surface area (Å²) in [5.41, 5.74) is 2.42. The zero-order valence-electron chi connectivity index (χ0n) is 16.0. The molecule has 28 heavy (non-hydrogen) atoms. The minimum Gasteiger partial charge on any atom is -0.355 e. The van der Waals surface area contributed by atoms with E-state index in [1.165, 1.54) is 0 Å². The molecule has 1 aliphatic heterocycles. The molecule has 0 bridgehead atoms. The van der Waals surface area contributed by atoms with Crippen LogP contribution in [0, 0.1) is 12.8 Å². The second-order valence-corrected chi connectivity index (χ2v) is 7.44. The van der Waals surface area contributed by atoms with Gasteiger partial charge in [0, 0.05) is 32.9 Å². The zero-order chi connectivity index (χ0) is 19.3. The predicted molar refractivity (Wildman–Crippen MR) is 105 cm³/mol. The van der Waals surface area contributed by atoms with Crippen molar-refractivity contribution in [1.29, 1.82) is 0 Å². The van der Waals surface area contributed by atoms with Gasteiger partial charge in [-0.1, -0.05) is 0 Å². The Morgan fingerprint density at radius 1 is 1.14 bits per heavy atom. The number of pyridine rings is 1. The molecule has 5 rings (SSSR count). The van der Waals surface area contributed by atoms with Gasteiger partial charge in [0.05, 0.1) is 5.52 Å². The Bertz CT molecular complexity index is 1210. The Balaban J connectivity index is 1.33. The van der Waals surface area contributed by atoms with Gasteiger partial charge in [-0.3, -0.25) is 9.13 Å². The average Bonchev–Trinajstić information content (AvgIpc) is 3.22. The van der Waals surface area contributed by atoms with Crippen molar-refractivity contribution in [3.63, 3.8) is 0 Å². The minimum atomic E-state index is 0.00586. The van der Waals surface area contributed by atoms with Crippen molar-refractivity contribution in [2.75, 3.05) is 18.0 Å². The summed E-state index contributed by atoms with van der Waals surface area (Å²) in [6.07, 6.45) is 3.77. The number of rotatable bonds is 3. The first kappa shape index (κ1) is 16.9. The number of aryl methyl sites for hydroxylation is 2. The number of nitrogens with zero attached hydrogens (tertiary/aromatic N) is 8. The first-order chi connectivity index (χ1) is 13.6. The monoisotopic (exact) mass is 378 g/mol. The summed E-state index contributed by atoms with van der Waals surface area (Å²) < 4.78 is 5.28. The van der Waals surface area contributed by atoms with E-state index in [9.17, 15) is 4.79 Å². The maximum absolute atomic E-state index is 12.6. The molecule has 9 heteroatoms. The Morgan fingerprint density at radius 2 is 1.96 bits per heavy atom. The number of aromatic nitrogens is 7. The lowest BCUT2D eigenvalue weighted by Crippen LogP contribution is -2.37. The van der Waals surface area contributed by atoms with Crippen molar-refractivity contribution in [3.8, 4) is 0 Å². The molecular formula is C19H22N8O. The first-order valence-corrected chi connectivity index (χ1v) is 9.56. The molecule has 0 saturated carbocycles. The fraction of sp³-hybridized carbons (Fsp3) is 0.421. The molecule has 0 aliphatic carbocycles. The van der Waals surface area contributed by atoms with E-state index in [1.807, 2.05) is 35.8 Å². The Kier molecular flexibility index (Phi) is 3.88. The molecule has 0 spiro atoms. The highest BCUT2D eigenvalue weighted by molar-refractivity contribution is 5.71. The van der Waals surface area contributed by atoms with Crippen molar-refractivity contribution in [2.24, 2.45) is 13.0 Å². The van der Waals surface area contributed by atoms with Crippen molar-refractivity contribution in [2.45, 2.75) is 26.3 Å². The van der Waals surface area contributed by atoms with Gasteiger partial charge in [0.1, 0.15) is 5.82 Å². The lowest BCUT2D eigenvalue weighted by atomic mass is 9.96. The summed E-state index contributed by atoms with van der Waals surface area (Å²) in [6, 6.07) is 7.77.